The van der Waals surface area contributed by atoms with Gasteiger partial charge in [0.25, 0.3) is 10.0 Å². The van der Waals surface area contributed by atoms with Crippen molar-refractivity contribution in [3.8, 4) is 0 Å². The van der Waals surface area contributed by atoms with Gasteiger partial charge in [0.2, 0.25) is 11.8 Å². The summed E-state index contributed by atoms with van der Waals surface area (Å²) in [5.41, 5.74) is 2.98. The molecule has 0 radical (unpaired) electrons. The van der Waals surface area contributed by atoms with Crippen molar-refractivity contribution in [2.45, 2.75) is 64.6 Å². The molecule has 0 spiro atoms. The van der Waals surface area contributed by atoms with Gasteiger partial charge >= 0.3 is 0 Å². The summed E-state index contributed by atoms with van der Waals surface area (Å²) in [5.74, 6) is -0.789. The first-order valence-electron chi connectivity index (χ1n) is 13.0. The van der Waals surface area contributed by atoms with E-state index in [9.17, 15) is 18.0 Å². The first-order chi connectivity index (χ1) is 18.4. The van der Waals surface area contributed by atoms with Crippen LogP contribution in [-0.2, 0) is 32.6 Å². The summed E-state index contributed by atoms with van der Waals surface area (Å²) >= 11 is 3.42. The summed E-state index contributed by atoms with van der Waals surface area (Å²) in [4.78, 5) is 28.5. The molecule has 208 valence electrons. The number of carbonyl (C=O) groups excluding carboxylic acids is 2. The predicted molar refractivity (Wildman–Crippen MR) is 159 cm³/mol. The first-order valence-corrected chi connectivity index (χ1v) is 15.2. The van der Waals surface area contributed by atoms with Crippen molar-refractivity contribution in [2.75, 3.05) is 10.8 Å². The Hall–Kier alpha value is -3.17. The van der Waals surface area contributed by atoms with Gasteiger partial charge in [-0.25, -0.2) is 8.42 Å². The molecule has 1 atom stereocenters. The fourth-order valence-corrected chi connectivity index (χ4v) is 5.89. The predicted octanol–water partition coefficient (Wildman–Crippen LogP) is 5.46. The van der Waals surface area contributed by atoms with Gasteiger partial charge in [-0.2, -0.15) is 0 Å². The summed E-state index contributed by atoms with van der Waals surface area (Å²) in [5, 5.41) is 2.87. The Morgan fingerprint density at radius 2 is 1.54 bits per heavy atom. The van der Waals surface area contributed by atoms with E-state index in [1.165, 1.54) is 9.21 Å². The lowest BCUT2D eigenvalue weighted by Crippen LogP contribution is -2.52. The smallest absolute Gasteiger partial charge is 0.264 e. The minimum Gasteiger partial charge on any atom is -0.352 e. The van der Waals surface area contributed by atoms with Crippen LogP contribution in [0.15, 0.2) is 82.2 Å². The Kier molecular flexibility index (Phi) is 10.3. The van der Waals surface area contributed by atoms with Crippen LogP contribution in [0.5, 0.6) is 0 Å². The molecule has 0 saturated carbocycles. The maximum Gasteiger partial charge on any atom is 0.264 e. The molecule has 0 heterocycles. The first kappa shape index (κ1) is 30.4. The molecule has 9 heteroatoms. The van der Waals surface area contributed by atoms with Gasteiger partial charge in [-0.1, -0.05) is 70.9 Å². The second-order valence-corrected chi connectivity index (χ2v) is 12.6. The lowest BCUT2D eigenvalue weighted by atomic mass is 10.1. The lowest BCUT2D eigenvalue weighted by molar-refractivity contribution is -0.139. The van der Waals surface area contributed by atoms with Gasteiger partial charge in [0, 0.05) is 17.1 Å². The van der Waals surface area contributed by atoms with Gasteiger partial charge in [-0.15, -0.1) is 0 Å². The van der Waals surface area contributed by atoms with E-state index < -0.39 is 28.5 Å². The van der Waals surface area contributed by atoms with Crippen LogP contribution in [0.3, 0.4) is 0 Å². The maximum absolute atomic E-state index is 14.0. The summed E-state index contributed by atoms with van der Waals surface area (Å²) in [6.45, 7) is 8.87. The van der Waals surface area contributed by atoms with Crippen molar-refractivity contribution in [1.82, 2.24) is 10.2 Å². The van der Waals surface area contributed by atoms with E-state index in [2.05, 4.69) is 21.2 Å². The molecule has 0 fully saturated rings. The van der Waals surface area contributed by atoms with Crippen LogP contribution in [0.4, 0.5) is 5.69 Å². The number of hydrogen-bond donors (Lipinski definition) is 1. The molecule has 0 unspecified atom stereocenters. The Labute approximate surface area is 240 Å². The number of hydrogen-bond acceptors (Lipinski definition) is 4. The molecule has 0 saturated heterocycles. The largest absolute Gasteiger partial charge is 0.352 e. The van der Waals surface area contributed by atoms with Gasteiger partial charge in [-0.3, -0.25) is 13.9 Å². The van der Waals surface area contributed by atoms with Crippen molar-refractivity contribution >= 4 is 43.5 Å². The van der Waals surface area contributed by atoms with E-state index in [1.54, 1.807) is 43.3 Å². The third-order valence-corrected chi connectivity index (χ3v) is 8.70. The SMILES string of the molecule is CCc1ccccc1N(CC(=O)N(Cc1ccc(Br)cc1)[C@H](C)C(=O)NC(C)C)S(=O)(=O)c1ccc(C)cc1. The fourth-order valence-electron chi connectivity index (χ4n) is 4.18. The van der Waals surface area contributed by atoms with Crippen molar-refractivity contribution in [3.63, 3.8) is 0 Å². The summed E-state index contributed by atoms with van der Waals surface area (Å²) in [6.07, 6.45) is 0.583. The lowest BCUT2D eigenvalue weighted by Gasteiger charge is -2.33. The van der Waals surface area contributed by atoms with E-state index in [0.717, 1.165) is 21.2 Å². The number of nitrogens with one attached hydrogen (secondary N) is 1. The molecular formula is C30H36BrN3O4S. The summed E-state index contributed by atoms with van der Waals surface area (Å²) < 4.78 is 30.0. The number of para-hydroxylation sites is 1. The molecule has 1 N–H and O–H groups in total. The van der Waals surface area contributed by atoms with Gasteiger partial charge in [0.05, 0.1) is 10.6 Å². The maximum atomic E-state index is 14.0. The van der Waals surface area contributed by atoms with Gasteiger partial charge in [0.1, 0.15) is 12.6 Å². The van der Waals surface area contributed by atoms with Gasteiger partial charge in [0.15, 0.2) is 0 Å². The highest BCUT2D eigenvalue weighted by Crippen LogP contribution is 2.28. The minimum absolute atomic E-state index is 0.0943. The zero-order chi connectivity index (χ0) is 28.7. The average Bonchev–Trinajstić information content (AvgIpc) is 2.90. The molecule has 0 bridgehead atoms. The number of nitrogens with zero attached hydrogens (tertiary/aromatic N) is 2. The second kappa shape index (κ2) is 13.3. The molecule has 0 aromatic heterocycles. The van der Waals surface area contributed by atoms with Crippen molar-refractivity contribution < 1.29 is 18.0 Å². The minimum atomic E-state index is -4.10. The quantitative estimate of drug-likeness (QED) is 0.311. The van der Waals surface area contributed by atoms with Crippen LogP contribution in [0.1, 0.15) is 44.4 Å². The molecule has 3 aromatic rings. The zero-order valence-corrected chi connectivity index (χ0v) is 25.4. The number of halogens is 1. The molecule has 2 amide bonds. The molecule has 3 rings (SSSR count). The highest BCUT2D eigenvalue weighted by molar-refractivity contribution is 9.10. The topological polar surface area (TPSA) is 86.8 Å². The number of carbonyl (C=O) groups is 2. The van der Waals surface area contributed by atoms with Crippen molar-refractivity contribution in [2.24, 2.45) is 0 Å². The number of benzene rings is 3. The molecule has 3 aromatic carbocycles. The highest BCUT2D eigenvalue weighted by Gasteiger charge is 2.33. The molecule has 0 aliphatic rings. The number of sulfonamides is 1. The van der Waals surface area contributed by atoms with E-state index in [0.29, 0.717) is 12.1 Å². The normalized spacial score (nSPS) is 12.2. The van der Waals surface area contributed by atoms with Gasteiger partial charge in [-0.05, 0) is 75.6 Å². The average molecular weight is 615 g/mol. The third kappa shape index (κ3) is 7.70. The second-order valence-electron chi connectivity index (χ2n) is 9.79. The van der Waals surface area contributed by atoms with Crippen molar-refractivity contribution in [1.29, 1.82) is 0 Å². The Balaban J connectivity index is 2.06. The van der Waals surface area contributed by atoms with Crippen LogP contribution < -0.4 is 9.62 Å². The van der Waals surface area contributed by atoms with Crippen LogP contribution in [0, 0.1) is 6.92 Å². The monoisotopic (exact) mass is 613 g/mol. The standard InChI is InChI=1S/C30H36BrN3O4S/c1-6-25-9-7-8-10-28(25)34(39(37,38)27-17-11-22(4)12-18-27)20-29(35)33(23(5)30(36)32-21(2)3)19-24-13-15-26(31)16-14-24/h7-18,21,23H,6,19-20H2,1-5H3,(H,32,36)/t23-/m1/s1. The third-order valence-electron chi connectivity index (χ3n) is 6.39. The van der Waals surface area contributed by atoms with E-state index in [4.69, 9.17) is 0 Å². The number of amides is 2. The van der Waals surface area contributed by atoms with Crippen LogP contribution in [0.25, 0.3) is 0 Å². The highest BCUT2D eigenvalue weighted by atomic mass is 79.9. The van der Waals surface area contributed by atoms with E-state index >= 15 is 0 Å². The van der Waals surface area contributed by atoms with Gasteiger partial charge < -0.3 is 10.2 Å². The fraction of sp³-hybridized carbons (Fsp3) is 0.333. The molecule has 0 aliphatic heterocycles. The number of anilines is 1. The summed E-state index contributed by atoms with van der Waals surface area (Å²) in [6, 6.07) is 20.3. The Morgan fingerprint density at radius 3 is 2.13 bits per heavy atom. The van der Waals surface area contributed by atoms with Crippen LogP contribution in [0.2, 0.25) is 0 Å². The molecule has 7 nitrogen and oxygen atoms in total. The van der Waals surface area contributed by atoms with E-state index in [-0.39, 0.29) is 23.4 Å². The number of rotatable bonds is 11. The molecule has 39 heavy (non-hydrogen) atoms. The Morgan fingerprint density at radius 1 is 0.923 bits per heavy atom. The van der Waals surface area contributed by atoms with Crippen LogP contribution in [-0.4, -0.2) is 43.8 Å². The number of aryl methyl sites for hydroxylation is 2. The molecule has 0 aliphatic carbocycles. The van der Waals surface area contributed by atoms with E-state index in [1.807, 2.05) is 64.1 Å². The summed E-state index contributed by atoms with van der Waals surface area (Å²) in [7, 11) is -4.10. The molecular weight excluding hydrogens is 578 g/mol. The van der Waals surface area contributed by atoms with Crippen LogP contribution >= 0.6 is 15.9 Å². The zero-order valence-electron chi connectivity index (χ0n) is 23.0. The Bertz CT molecular complexity index is 1390. The van der Waals surface area contributed by atoms with Crippen molar-refractivity contribution in [3.05, 3.63) is 94.0 Å².